The van der Waals surface area contributed by atoms with Gasteiger partial charge in [-0.1, -0.05) is 0 Å². The van der Waals surface area contributed by atoms with Crippen LogP contribution in [0.2, 0.25) is 0 Å². The lowest BCUT2D eigenvalue weighted by atomic mass is 9.68. The number of anilines is 1. The first kappa shape index (κ1) is 25.9. The number of nitrogens with zero attached hydrogens (tertiary/aromatic N) is 3. The maximum Gasteiger partial charge on any atom is 0.391 e. The van der Waals surface area contributed by atoms with Crippen molar-refractivity contribution in [1.29, 1.82) is 0 Å². The third kappa shape index (κ3) is 4.77. The zero-order valence-corrected chi connectivity index (χ0v) is 20.8. The van der Waals surface area contributed by atoms with Crippen LogP contribution in [0.1, 0.15) is 19.3 Å². The predicted molar refractivity (Wildman–Crippen MR) is 131 cm³/mol. The highest BCUT2D eigenvalue weighted by Crippen LogP contribution is 2.50. The number of sulfonamides is 1. The number of pyridine rings is 1. The van der Waals surface area contributed by atoms with Gasteiger partial charge in [0.2, 0.25) is 0 Å². The normalized spacial score (nSPS) is 22.1. The van der Waals surface area contributed by atoms with Gasteiger partial charge in [0, 0.05) is 24.1 Å². The van der Waals surface area contributed by atoms with Gasteiger partial charge >= 0.3 is 6.18 Å². The van der Waals surface area contributed by atoms with Crippen molar-refractivity contribution in [2.45, 2.75) is 36.5 Å². The predicted octanol–water partition coefficient (Wildman–Crippen LogP) is 4.66. The topological polar surface area (TPSA) is 103 Å². The number of nitrogens with one attached hydrogen (secondary N) is 1. The number of aromatic nitrogens is 3. The lowest BCUT2D eigenvalue weighted by Gasteiger charge is -2.40. The molecule has 2 heterocycles. The molecular formula is C25H22F4N4O4S. The highest BCUT2D eigenvalue weighted by atomic mass is 32.2. The van der Waals surface area contributed by atoms with E-state index in [0.29, 0.717) is 10.9 Å². The average Bonchev–Trinajstić information content (AvgIpc) is 2.83. The fourth-order valence-electron chi connectivity index (χ4n) is 4.84. The molecule has 5 rings (SSSR count). The van der Waals surface area contributed by atoms with Crippen LogP contribution in [0.25, 0.3) is 16.6 Å². The van der Waals surface area contributed by atoms with E-state index >= 15 is 4.39 Å². The minimum absolute atomic E-state index is 0.0271. The Labute approximate surface area is 214 Å². The van der Waals surface area contributed by atoms with Crippen LogP contribution in [0.4, 0.5) is 23.4 Å². The molecule has 2 aliphatic carbocycles. The number of benzene rings is 1. The van der Waals surface area contributed by atoms with E-state index < -0.39 is 39.8 Å². The Hall–Kier alpha value is -3.74. The van der Waals surface area contributed by atoms with E-state index in [2.05, 4.69) is 14.9 Å². The highest BCUT2D eigenvalue weighted by molar-refractivity contribution is 7.92. The number of hydrogen-bond acceptors (Lipinski definition) is 6. The zero-order chi connectivity index (χ0) is 27.2. The lowest BCUT2D eigenvalue weighted by molar-refractivity contribution is -0.202. The van der Waals surface area contributed by atoms with Gasteiger partial charge in [-0.25, -0.2) is 12.8 Å². The zero-order valence-electron chi connectivity index (χ0n) is 19.9. The summed E-state index contributed by atoms with van der Waals surface area (Å²) in [5.74, 6) is -1.81. The maximum atomic E-state index is 15.3. The van der Waals surface area contributed by atoms with Crippen molar-refractivity contribution in [1.82, 2.24) is 14.8 Å². The molecule has 3 aromatic rings. The van der Waals surface area contributed by atoms with Gasteiger partial charge in [-0.2, -0.15) is 18.3 Å². The van der Waals surface area contributed by atoms with Crippen LogP contribution in [-0.2, 0) is 14.8 Å². The molecule has 13 heteroatoms. The Bertz CT molecular complexity index is 1610. The molecule has 0 radical (unpaired) electrons. The van der Waals surface area contributed by atoms with Crippen LogP contribution in [0.15, 0.2) is 75.8 Å². The van der Waals surface area contributed by atoms with Gasteiger partial charge in [0.05, 0.1) is 29.1 Å². The lowest BCUT2D eigenvalue weighted by Crippen LogP contribution is -2.39. The molecule has 2 aliphatic rings. The first-order valence-electron chi connectivity index (χ1n) is 11.6. The third-order valence-electron chi connectivity index (χ3n) is 6.87. The summed E-state index contributed by atoms with van der Waals surface area (Å²) >= 11 is 0. The Balaban J connectivity index is 1.52. The molecule has 1 aromatic carbocycles. The SMILES string of the molecule is COC1=C(n2c(=O)ccc3cc(S(=O)(=O)Nc4cccnn4)ccc32)CC(F)C([C@H]2C[C@H](C(F)(F)F)C2)=C1. The number of rotatable bonds is 6. The molecule has 8 nitrogen and oxygen atoms in total. The molecular weight excluding hydrogens is 528 g/mol. The number of ether oxygens (including phenoxy) is 1. The van der Waals surface area contributed by atoms with Crippen LogP contribution in [0.3, 0.4) is 0 Å². The molecule has 1 saturated carbocycles. The van der Waals surface area contributed by atoms with Gasteiger partial charge in [0.15, 0.2) is 5.82 Å². The quantitative estimate of drug-likeness (QED) is 0.448. The third-order valence-corrected chi connectivity index (χ3v) is 8.22. The molecule has 1 unspecified atom stereocenters. The minimum atomic E-state index is -4.31. The Kier molecular flexibility index (Phi) is 6.49. The monoisotopic (exact) mass is 550 g/mol. The van der Waals surface area contributed by atoms with Crippen LogP contribution < -0.4 is 10.3 Å². The van der Waals surface area contributed by atoms with E-state index in [1.165, 1.54) is 66.4 Å². The molecule has 0 amide bonds. The summed E-state index contributed by atoms with van der Waals surface area (Å²) in [4.78, 5) is 12.8. The number of fused-ring (bicyclic) bond motifs is 1. The average molecular weight is 551 g/mol. The van der Waals surface area contributed by atoms with Crippen molar-refractivity contribution >= 4 is 32.4 Å². The van der Waals surface area contributed by atoms with Crippen LogP contribution in [0, 0.1) is 11.8 Å². The number of allylic oxidation sites excluding steroid dienone is 3. The van der Waals surface area contributed by atoms with E-state index in [1.54, 1.807) is 0 Å². The van der Waals surface area contributed by atoms with E-state index in [-0.39, 0.29) is 47.0 Å². The van der Waals surface area contributed by atoms with Crippen molar-refractivity contribution < 1.29 is 30.7 Å². The Morgan fingerprint density at radius 1 is 1.13 bits per heavy atom. The Morgan fingerprint density at radius 3 is 2.55 bits per heavy atom. The van der Waals surface area contributed by atoms with Gasteiger partial charge in [-0.15, -0.1) is 5.10 Å². The van der Waals surface area contributed by atoms with E-state index in [0.717, 1.165) is 0 Å². The second-order valence-corrected chi connectivity index (χ2v) is 10.9. The van der Waals surface area contributed by atoms with Crippen molar-refractivity contribution in [3.05, 3.63) is 76.4 Å². The Morgan fingerprint density at radius 2 is 1.89 bits per heavy atom. The van der Waals surface area contributed by atoms with E-state index in [4.69, 9.17) is 4.74 Å². The maximum absolute atomic E-state index is 15.3. The summed E-state index contributed by atoms with van der Waals surface area (Å²) in [5, 5.41) is 7.72. The number of alkyl halides is 4. The second-order valence-electron chi connectivity index (χ2n) is 9.18. The summed E-state index contributed by atoms with van der Waals surface area (Å²) in [6.07, 6.45) is -3.78. The smallest absolute Gasteiger partial charge is 0.391 e. The van der Waals surface area contributed by atoms with Crippen LogP contribution in [-0.4, -0.2) is 42.6 Å². The number of methoxy groups -OCH3 is 1. The fraction of sp³-hybridized carbons (Fsp3) is 0.320. The standard InChI is InChI=1S/C25H22F4N4O4S/c1-37-22-12-18(15-9-16(10-15)25(27,28)29)19(26)13-21(22)33-20-6-5-17(11-14(20)4-7-24(33)34)38(35,36)32-23-3-2-8-30-31-23/h2-8,11-12,15-16,19H,9-10,13H2,1H3,(H,31,32)/t15-,16-,19?. The van der Waals surface area contributed by atoms with Crippen LogP contribution in [0.5, 0.6) is 0 Å². The van der Waals surface area contributed by atoms with Crippen molar-refractivity contribution in [3.63, 3.8) is 0 Å². The molecule has 0 aliphatic heterocycles. The minimum Gasteiger partial charge on any atom is -0.495 e. The molecule has 1 fully saturated rings. The molecule has 0 spiro atoms. The van der Waals surface area contributed by atoms with E-state index in [1.807, 2.05) is 0 Å². The number of hydrogen-bond donors (Lipinski definition) is 1. The molecule has 0 saturated heterocycles. The van der Waals surface area contributed by atoms with Crippen molar-refractivity contribution in [2.24, 2.45) is 11.8 Å². The first-order valence-corrected chi connectivity index (χ1v) is 13.1. The van der Waals surface area contributed by atoms with Gasteiger partial charge in [0.25, 0.3) is 15.6 Å². The molecule has 1 atom stereocenters. The van der Waals surface area contributed by atoms with Crippen LogP contribution >= 0.6 is 0 Å². The first-order chi connectivity index (χ1) is 18.0. The molecule has 1 N–H and O–H groups in total. The van der Waals surface area contributed by atoms with Crippen molar-refractivity contribution in [2.75, 3.05) is 11.8 Å². The molecule has 38 heavy (non-hydrogen) atoms. The fourth-order valence-corrected chi connectivity index (χ4v) is 5.88. The summed E-state index contributed by atoms with van der Waals surface area (Å²) in [7, 11) is -2.70. The molecule has 2 aromatic heterocycles. The largest absolute Gasteiger partial charge is 0.495 e. The van der Waals surface area contributed by atoms with Gasteiger partial charge in [-0.05, 0) is 66.8 Å². The highest BCUT2D eigenvalue weighted by Gasteiger charge is 2.50. The second kappa shape index (κ2) is 9.53. The van der Waals surface area contributed by atoms with Crippen molar-refractivity contribution in [3.8, 4) is 0 Å². The summed E-state index contributed by atoms with van der Waals surface area (Å²) in [5.41, 5.74) is 0.229. The summed E-state index contributed by atoms with van der Waals surface area (Å²) in [6, 6.07) is 9.72. The summed E-state index contributed by atoms with van der Waals surface area (Å²) in [6.45, 7) is 0. The van der Waals surface area contributed by atoms with Gasteiger partial charge in [-0.3, -0.25) is 14.1 Å². The number of halogens is 4. The van der Waals surface area contributed by atoms with Gasteiger partial charge < -0.3 is 4.74 Å². The van der Waals surface area contributed by atoms with E-state index in [9.17, 15) is 26.4 Å². The van der Waals surface area contributed by atoms with Gasteiger partial charge in [0.1, 0.15) is 11.9 Å². The summed E-state index contributed by atoms with van der Waals surface area (Å²) < 4.78 is 88.8. The molecule has 200 valence electrons. The molecule has 0 bridgehead atoms.